The number of hydrogen-bond donors (Lipinski definition) is 2. The molecule has 0 aliphatic carbocycles. The standard InChI is InChI=1S/C8H14N2O2S/c1-6-5-13-8(10-6)7(4-9)12-3-2-11/h5,7,11H,2-4,9H2,1H3. The molecule has 1 aromatic rings. The van der Waals surface area contributed by atoms with Crippen molar-refractivity contribution in [3.05, 3.63) is 16.1 Å². The predicted molar refractivity (Wildman–Crippen MR) is 51.7 cm³/mol. The number of aliphatic hydroxyl groups excluding tert-OH is 1. The van der Waals surface area contributed by atoms with Gasteiger partial charge in [0.05, 0.1) is 13.2 Å². The van der Waals surface area contributed by atoms with Gasteiger partial charge in [-0.15, -0.1) is 11.3 Å². The summed E-state index contributed by atoms with van der Waals surface area (Å²) < 4.78 is 5.31. The summed E-state index contributed by atoms with van der Waals surface area (Å²) >= 11 is 1.53. The molecule has 0 radical (unpaired) electrons. The fraction of sp³-hybridized carbons (Fsp3) is 0.625. The molecule has 74 valence electrons. The Kier molecular flexibility index (Phi) is 4.31. The molecular weight excluding hydrogens is 188 g/mol. The van der Waals surface area contributed by atoms with Crippen LogP contribution in [0.15, 0.2) is 5.38 Å². The molecule has 13 heavy (non-hydrogen) atoms. The van der Waals surface area contributed by atoms with Gasteiger partial charge in [-0.1, -0.05) is 0 Å². The number of nitrogens with two attached hydrogens (primary N) is 1. The van der Waals surface area contributed by atoms with Gasteiger partial charge >= 0.3 is 0 Å². The number of aryl methyl sites for hydroxylation is 1. The second-order valence-electron chi connectivity index (χ2n) is 2.65. The van der Waals surface area contributed by atoms with Crippen LogP contribution >= 0.6 is 11.3 Å². The van der Waals surface area contributed by atoms with Crippen LogP contribution in [0, 0.1) is 6.92 Å². The summed E-state index contributed by atoms with van der Waals surface area (Å²) in [5.41, 5.74) is 6.49. The Morgan fingerprint density at radius 3 is 3.00 bits per heavy atom. The maximum atomic E-state index is 8.58. The number of aliphatic hydroxyl groups is 1. The molecule has 1 atom stereocenters. The summed E-state index contributed by atoms with van der Waals surface area (Å²) in [5.74, 6) is 0. The van der Waals surface area contributed by atoms with Crippen molar-refractivity contribution in [3.8, 4) is 0 Å². The average molecular weight is 202 g/mol. The molecule has 4 nitrogen and oxygen atoms in total. The number of ether oxygens (including phenoxy) is 1. The van der Waals surface area contributed by atoms with E-state index >= 15 is 0 Å². The van der Waals surface area contributed by atoms with E-state index in [-0.39, 0.29) is 12.7 Å². The molecular formula is C8H14N2O2S. The molecule has 0 amide bonds. The molecule has 3 N–H and O–H groups in total. The number of nitrogens with zero attached hydrogens (tertiary/aromatic N) is 1. The predicted octanol–water partition coefficient (Wildman–Crippen LogP) is 0.460. The molecule has 0 aliphatic rings. The van der Waals surface area contributed by atoms with Gasteiger partial charge in [0, 0.05) is 17.6 Å². The molecule has 1 heterocycles. The fourth-order valence-electron chi connectivity index (χ4n) is 0.955. The summed E-state index contributed by atoms with van der Waals surface area (Å²) in [6, 6.07) is 0. The van der Waals surface area contributed by atoms with Gasteiger partial charge in [0.25, 0.3) is 0 Å². The highest BCUT2D eigenvalue weighted by atomic mass is 32.1. The first-order valence-corrected chi connectivity index (χ1v) is 5.00. The molecule has 0 aliphatic heterocycles. The lowest BCUT2D eigenvalue weighted by molar-refractivity contribution is 0.0327. The van der Waals surface area contributed by atoms with Gasteiger partial charge in [0.2, 0.25) is 0 Å². The summed E-state index contributed by atoms with van der Waals surface area (Å²) in [4.78, 5) is 4.27. The van der Waals surface area contributed by atoms with Crippen LogP contribution < -0.4 is 5.73 Å². The van der Waals surface area contributed by atoms with Crippen molar-refractivity contribution in [2.75, 3.05) is 19.8 Å². The Morgan fingerprint density at radius 2 is 2.54 bits per heavy atom. The largest absolute Gasteiger partial charge is 0.394 e. The zero-order chi connectivity index (χ0) is 9.68. The maximum Gasteiger partial charge on any atom is 0.123 e. The number of rotatable bonds is 5. The van der Waals surface area contributed by atoms with Gasteiger partial charge in [-0.25, -0.2) is 4.98 Å². The third-order valence-corrected chi connectivity index (χ3v) is 2.59. The lowest BCUT2D eigenvalue weighted by atomic mass is 10.4. The first-order valence-electron chi connectivity index (χ1n) is 4.12. The number of thiazole rings is 1. The van der Waals surface area contributed by atoms with E-state index in [0.29, 0.717) is 13.2 Å². The van der Waals surface area contributed by atoms with Gasteiger partial charge in [-0.05, 0) is 6.92 Å². The SMILES string of the molecule is Cc1csc(C(CN)OCCO)n1. The highest BCUT2D eigenvalue weighted by Crippen LogP contribution is 2.20. The minimum Gasteiger partial charge on any atom is -0.394 e. The first-order chi connectivity index (χ1) is 6.27. The highest BCUT2D eigenvalue weighted by Gasteiger charge is 2.12. The first kappa shape index (κ1) is 10.6. The summed E-state index contributed by atoms with van der Waals surface area (Å²) in [6.45, 7) is 2.65. The highest BCUT2D eigenvalue weighted by molar-refractivity contribution is 7.09. The number of hydrogen-bond acceptors (Lipinski definition) is 5. The normalized spacial score (nSPS) is 13.2. The van der Waals surface area contributed by atoms with Gasteiger partial charge in [-0.2, -0.15) is 0 Å². The Balaban J connectivity index is 2.56. The molecule has 1 unspecified atom stereocenters. The maximum absolute atomic E-state index is 8.58. The minimum absolute atomic E-state index is 0.0147. The molecule has 1 aromatic heterocycles. The van der Waals surface area contributed by atoms with Crippen molar-refractivity contribution >= 4 is 11.3 Å². The van der Waals surface area contributed by atoms with E-state index in [2.05, 4.69) is 4.98 Å². The molecule has 0 saturated heterocycles. The monoisotopic (exact) mass is 202 g/mol. The lowest BCUT2D eigenvalue weighted by Gasteiger charge is -2.11. The van der Waals surface area contributed by atoms with E-state index in [1.165, 1.54) is 11.3 Å². The van der Waals surface area contributed by atoms with E-state index in [0.717, 1.165) is 10.7 Å². The summed E-state index contributed by atoms with van der Waals surface area (Å²) in [7, 11) is 0. The van der Waals surface area contributed by atoms with Gasteiger partial charge in [0.1, 0.15) is 11.1 Å². The molecule has 1 rings (SSSR count). The quantitative estimate of drug-likeness (QED) is 0.728. The van der Waals surface area contributed by atoms with Crippen LogP contribution in [-0.2, 0) is 4.74 Å². The molecule has 0 fully saturated rings. The number of aromatic nitrogens is 1. The Hall–Kier alpha value is -0.490. The van der Waals surface area contributed by atoms with Crippen molar-refractivity contribution in [2.24, 2.45) is 5.73 Å². The Bertz CT molecular complexity index is 252. The van der Waals surface area contributed by atoms with Crippen molar-refractivity contribution in [2.45, 2.75) is 13.0 Å². The third kappa shape index (κ3) is 3.04. The van der Waals surface area contributed by atoms with E-state index < -0.39 is 0 Å². The van der Waals surface area contributed by atoms with E-state index in [9.17, 15) is 0 Å². The zero-order valence-corrected chi connectivity index (χ0v) is 8.38. The van der Waals surface area contributed by atoms with E-state index in [4.69, 9.17) is 15.6 Å². The van der Waals surface area contributed by atoms with Crippen molar-refractivity contribution in [1.82, 2.24) is 4.98 Å². The van der Waals surface area contributed by atoms with E-state index in [1.54, 1.807) is 0 Å². The Labute approximate surface area is 81.4 Å². The van der Waals surface area contributed by atoms with Crippen molar-refractivity contribution in [3.63, 3.8) is 0 Å². The van der Waals surface area contributed by atoms with Crippen LogP contribution in [0.3, 0.4) is 0 Å². The third-order valence-electron chi connectivity index (χ3n) is 1.54. The van der Waals surface area contributed by atoms with Crippen LogP contribution in [-0.4, -0.2) is 29.8 Å². The second-order valence-corrected chi connectivity index (χ2v) is 3.54. The zero-order valence-electron chi connectivity index (χ0n) is 7.56. The molecule has 0 bridgehead atoms. The topological polar surface area (TPSA) is 68.4 Å². The molecule has 0 saturated carbocycles. The van der Waals surface area contributed by atoms with Gasteiger partial charge < -0.3 is 15.6 Å². The molecule has 5 heteroatoms. The van der Waals surface area contributed by atoms with Crippen LogP contribution in [0.1, 0.15) is 16.8 Å². The van der Waals surface area contributed by atoms with Gasteiger partial charge in [0.15, 0.2) is 0 Å². The van der Waals surface area contributed by atoms with Crippen LogP contribution in [0.4, 0.5) is 0 Å². The van der Waals surface area contributed by atoms with Gasteiger partial charge in [-0.3, -0.25) is 0 Å². The summed E-state index contributed by atoms with van der Waals surface area (Å²) in [5, 5.41) is 11.4. The molecule has 0 aromatic carbocycles. The van der Waals surface area contributed by atoms with Crippen LogP contribution in [0.25, 0.3) is 0 Å². The van der Waals surface area contributed by atoms with E-state index in [1.807, 2.05) is 12.3 Å². The summed E-state index contributed by atoms with van der Waals surface area (Å²) in [6.07, 6.45) is -0.175. The van der Waals surface area contributed by atoms with Crippen LogP contribution in [0.2, 0.25) is 0 Å². The second kappa shape index (κ2) is 5.29. The van der Waals surface area contributed by atoms with Crippen molar-refractivity contribution < 1.29 is 9.84 Å². The van der Waals surface area contributed by atoms with Crippen LogP contribution in [0.5, 0.6) is 0 Å². The molecule has 0 spiro atoms. The van der Waals surface area contributed by atoms with Crippen molar-refractivity contribution in [1.29, 1.82) is 0 Å². The fourth-order valence-corrected chi connectivity index (χ4v) is 1.81. The minimum atomic E-state index is -0.175. The smallest absolute Gasteiger partial charge is 0.123 e. The average Bonchev–Trinajstić information content (AvgIpc) is 2.54. The lowest BCUT2D eigenvalue weighted by Crippen LogP contribution is -2.17. The Morgan fingerprint density at radius 1 is 1.77 bits per heavy atom.